The number of nitrogens with one attached hydrogen (secondary N) is 1. The molecule has 0 bridgehead atoms. The van der Waals surface area contributed by atoms with Gasteiger partial charge in [-0.1, -0.05) is 12.1 Å². The lowest BCUT2D eigenvalue weighted by Crippen LogP contribution is -2.42. The van der Waals surface area contributed by atoms with Gasteiger partial charge in [-0.2, -0.15) is 5.10 Å². The number of amides is 2. The molecule has 3 rings (SSSR count). The molecule has 0 spiro atoms. The highest BCUT2D eigenvalue weighted by molar-refractivity contribution is 6.01. The number of carbonyl (C=O) groups excluding carboxylic acids is 2. The van der Waals surface area contributed by atoms with E-state index in [0.717, 1.165) is 5.56 Å². The van der Waals surface area contributed by atoms with Crippen LogP contribution in [0.2, 0.25) is 0 Å². The normalized spacial score (nSPS) is 17.3. The quantitative estimate of drug-likeness (QED) is 0.906. The minimum Gasteiger partial charge on any atom is -0.344 e. The molecule has 7 heteroatoms. The summed E-state index contributed by atoms with van der Waals surface area (Å²) in [5, 5.41) is 6.85. The van der Waals surface area contributed by atoms with Gasteiger partial charge < -0.3 is 10.2 Å². The van der Waals surface area contributed by atoms with Gasteiger partial charge in [0.15, 0.2) is 0 Å². The number of hydrogen-bond donors (Lipinski definition) is 1. The molecular weight excluding hydrogens is 311 g/mol. The molecule has 0 saturated carbocycles. The molecule has 24 heavy (non-hydrogen) atoms. The molecule has 1 aromatic carbocycles. The first-order valence-electron chi connectivity index (χ1n) is 7.89. The zero-order chi connectivity index (χ0) is 17.1. The summed E-state index contributed by atoms with van der Waals surface area (Å²) >= 11 is 0. The Morgan fingerprint density at radius 2 is 2.21 bits per heavy atom. The number of carbonyl (C=O) groups is 2. The Hall–Kier alpha value is -2.70. The summed E-state index contributed by atoms with van der Waals surface area (Å²) in [5.74, 6) is -0.924. The lowest BCUT2D eigenvalue weighted by molar-refractivity contribution is -0.126. The molecule has 2 amide bonds. The van der Waals surface area contributed by atoms with Crippen molar-refractivity contribution in [3.63, 3.8) is 0 Å². The van der Waals surface area contributed by atoms with Gasteiger partial charge in [-0.15, -0.1) is 0 Å². The third-order valence-corrected chi connectivity index (χ3v) is 4.01. The molecule has 6 nitrogen and oxygen atoms in total. The van der Waals surface area contributed by atoms with Gasteiger partial charge in [0.25, 0.3) is 0 Å². The van der Waals surface area contributed by atoms with E-state index in [1.54, 1.807) is 29.1 Å². The standard InChI is InChI=1S/C17H19FN4O2/c1-12-10-19-21(11-12)8-7-16(23)20-14-6-9-22(17(14)24)15-5-3-2-4-13(15)18/h2-5,10-11,14H,6-9H2,1H3,(H,20,23)/t14-/m1/s1. The summed E-state index contributed by atoms with van der Waals surface area (Å²) in [5.41, 5.74) is 1.29. The zero-order valence-corrected chi connectivity index (χ0v) is 13.4. The van der Waals surface area contributed by atoms with Gasteiger partial charge in [-0.3, -0.25) is 14.3 Å². The Labute approximate surface area is 139 Å². The first kappa shape index (κ1) is 16.2. The molecule has 0 unspecified atom stereocenters. The fourth-order valence-electron chi connectivity index (χ4n) is 2.80. The minimum atomic E-state index is -0.600. The summed E-state index contributed by atoms with van der Waals surface area (Å²) in [6, 6.07) is 5.55. The van der Waals surface area contributed by atoms with Crippen LogP contribution in [0.1, 0.15) is 18.4 Å². The first-order valence-corrected chi connectivity index (χ1v) is 7.89. The fraction of sp³-hybridized carbons (Fsp3) is 0.353. The average Bonchev–Trinajstić information content (AvgIpc) is 3.13. The topological polar surface area (TPSA) is 67.2 Å². The highest BCUT2D eigenvalue weighted by atomic mass is 19.1. The fourth-order valence-corrected chi connectivity index (χ4v) is 2.80. The Balaban J connectivity index is 1.55. The number of halogens is 1. The highest BCUT2D eigenvalue weighted by Gasteiger charge is 2.34. The number of anilines is 1. The van der Waals surface area contributed by atoms with E-state index in [4.69, 9.17) is 0 Å². The van der Waals surface area contributed by atoms with E-state index in [2.05, 4.69) is 10.4 Å². The van der Waals surface area contributed by atoms with Gasteiger partial charge in [0.1, 0.15) is 11.9 Å². The number of nitrogens with zero attached hydrogens (tertiary/aromatic N) is 3. The third-order valence-electron chi connectivity index (χ3n) is 4.01. The van der Waals surface area contributed by atoms with Crippen LogP contribution in [0.5, 0.6) is 0 Å². The van der Waals surface area contributed by atoms with Crippen molar-refractivity contribution >= 4 is 17.5 Å². The second-order valence-electron chi connectivity index (χ2n) is 5.88. The Morgan fingerprint density at radius 3 is 2.92 bits per heavy atom. The molecule has 1 atom stereocenters. The van der Waals surface area contributed by atoms with E-state index in [0.29, 0.717) is 19.5 Å². The molecule has 0 aliphatic carbocycles. The third kappa shape index (κ3) is 3.45. The van der Waals surface area contributed by atoms with E-state index in [1.807, 2.05) is 13.1 Å². The maximum absolute atomic E-state index is 13.8. The van der Waals surface area contributed by atoms with E-state index >= 15 is 0 Å². The van der Waals surface area contributed by atoms with Crippen LogP contribution in [0, 0.1) is 12.7 Å². The molecule has 1 fully saturated rings. The predicted octanol–water partition coefficient (Wildman–Crippen LogP) is 1.64. The summed E-state index contributed by atoms with van der Waals surface area (Å²) in [7, 11) is 0. The molecule has 1 N–H and O–H groups in total. The monoisotopic (exact) mass is 330 g/mol. The number of aryl methyl sites for hydroxylation is 2. The average molecular weight is 330 g/mol. The second kappa shape index (κ2) is 6.82. The molecule has 1 aliphatic rings. The Morgan fingerprint density at radius 1 is 1.42 bits per heavy atom. The van der Waals surface area contributed by atoms with E-state index in [9.17, 15) is 14.0 Å². The highest BCUT2D eigenvalue weighted by Crippen LogP contribution is 2.24. The molecular formula is C17H19FN4O2. The van der Waals surface area contributed by atoms with Gasteiger partial charge in [-0.25, -0.2) is 4.39 Å². The van der Waals surface area contributed by atoms with Crippen LogP contribution in [0.25, 0.3) is 0 Å². The molecule has 1 saturated heterocycles. The zero-order valence-electron chi connectivity index (χ0n) is 13.4. The number of para-hydroxylation sites is 1. The molecule has 2 aromatic rings. The van der Waals surface area contributed by atoms with Gasteiger partial charge in [0.05, 0.1) is 11.9 Å². The lowest BCUT2D eigenvalue weighted by atomic mass is 10.2. The van der Waals surface area contributed by atoms with Crippen LogP contribution >= 0.6 is 0 Å². The van der Waals surface area contributed by atoms with Crippen LogP contribution < -0.4 is 10.2 Å². The van der Waals surface area contributed by atoms with E-state index < -0.39 is 11.9 Å². The van der Waals surface area contributed by atoms with Crippen LogP contribution in [-0.4, -0.2) is 34.2 Å². The van der Waals surface area contributed by atoms with Crippen LogP contribution in [0.4, 0.5) is 10.1 Å². The van der Waals surface area contributed by atoms with Crippen molar-refractivity contribution in [1.82, 2.24) is 15.1 Å². The summed E-state index contributed by atoms with van der Waals surface area (Å²) in [6.07, 6.45) is 4.29. The molecule has 1 aromatic heterocycles. The molecule has 126 valence electrons. The molecule has 1 aliphatic heterocycles. The number of hydrogen-bond acceptors (Lipinski definition) is 3. The van der Waals surface area contributed by atoms with E-state index in [-0.39, 0.29) is 23.9 Å². The molecule has 0 radical (unpaired) electrons. The van der Waals surface area contributed by atoms with Crippen LogP contribution in [0.15, 0.2) is 36.7 Å². The van der Waals surface area contributed by atoms with Crippen molar-refractivity contribution in [1.29, 1.82) is 0 Å². The Bertz CT molecular complexity index is 759. The lowest BCUT2D eigenvalue weighted by Gasteiger charge is -2.17. The Kier molecular flexibility index (Phi) is 4.59. The second-order valence-corrected chi connectivity index (χ2v) is 5.88. The summed E-state index contributed by atoms with van der Waals surface area (Å²) in [4.78, 5) is 25.8. The maximum Gasteiger partial charge on any atom is 0.249 e. The van der Waals surface area contributed by atoms with Crippen LogP contribution in [-0.2, 0) is 16.1 Å². The van der Waals surface area contributed by atoms with Gasteiger partial charge >= 0.3 is 0 Å². The van der Waals surface area contributed by atoms with Crippen molar-refractivity contribution in [2.45, 2.75) is 32.4 Å². The maximum atomic E-state index is 13.8. The summed E-state index contributed by atoms with van der Waals surface area (Å²) < 4.78 is 15.5. The number of benzene rings is 1. The minimum absolute atomic E-state index is 0.211. The van der Waals surface area contributed by atoms with Crippen molar-refractivity contribution in [2.24, 2.45) is 0 Å². The van der Waals surface area contributed by atoms with Crippen molar-refractivity contribution < 1.29 is 14.0 Å². The van der Waals surface area contributed by atoms with Crippen molar-refractivity contribution in [2.75, 3.05) is 11.4 Å². The first-order chi connectivity index (χ1) is 11.5. The SMILES string of the molecule is Cc1cnn(CCC(=O)N[C@@H]2CCN(c3ccccc3F)C2=O)c1. The number of aromatic nitrogens is 2. The smallest absolute Gasteiger partial charge is 0.249 e. The van der Waals surface area contributed by atoms with E-state index in [1.165, 1.54) is 11.0 Å². The van der Waals surface area contributed by atoms with Gasteiger partial charge in [0, 0.05) is 25.7 Å². The van der Waals surface area contributed by atoms with Gasteiger partial charge in [-0.05, 0) is 31.0 Å². The van der Waals surface area contributed by atoms with Crippen molar-refractivity contribution in [3.05, 3.63) is 48.0 Å². The largest absolute Gasteiger partial charge is 0.344 e. The number of rotatable bonds is 5. The van der Waals surface area contributed by atoms with Crippen LogP contribution in [0.3, 0.4) is 0 Å². The van der Waals surface area contributed by atoms with Crippen molar-refractivity contribution in [3.8, 4) is 0 Å². The summed E-state index contributed by atoms with van der Waals surface area (Å²) in [6.45, 7) is 2.78. The van der Waals surface area contributed by atoms with Gasteiger partial charge in [0.2, 0.25) is 11.8 Å². The predicted molar refractivity (Wildman–Crippen MR) is 86.9 cm³/mol. The molecule has 2 heterocycles.